The summed E-state index contributed by atoms with van der Waals surface area (Å²) < 4.78 is 68.4. The second-order valence-electron chi connectivity index (χ2n) is 25.9. The van der Waals surface area contributed by atoms with Crippen LogP contribution in [-0.2, 0) is 65.4 Å². The molecule has 0 saturated carbocycles. The first-order valence-corrected chi connectivity index (χ1v) is 42.1. The number of aliphatic hydroxyl groups is 1. The lowest BCUT2D eigenvalue weighted by Crippen LogP contribution is -2.30. The van der Waals surface area contributed by atoms with Crippen molar-refractivity contribution in [1.29, 1.82) is 0 Å². The van der Waals surface area contributed by atoms with Crippen LogP contribution >= 0.6 is 15.6 Å². The van der Waals surface area contributed by atoms with Crippen molar-refractivity contribution in [2.45, 2.75) is 341 Å². The molecule has 0 bridgehead atoms. The number of phosphoric acid groups is 2. The number of unbranched alkanes of at least 4 members (excludes halogenated alkanes) is 30. The molecule has 5 atom stereocenters. The minimum atomic E-state index is -4.99. The van der Waals surface area contributed by atoms with Gasteiger partial charge in [0, 0.05) is 19.3 Å². The number of allylic oxidation sites excluding steroid dienone is 17. The average molecular weight is 1450 g/mol. The quantitative estimate of drug-likeness (QED) is 0.0169. The molecule has 0 aliphatic heterocycles. The van der Waals surface area contributed by atoms with E-state index in [9.17, 15) is 43.2 Å². The van der Waals surface area contributed by atoms with Gasteiger partial charge in [0.15, 0.2) is 12.2 Å². The summed E-state index contributed by atoms with van der Waals surface area (Å²) in [6.45, 7) is 4.58. The molecule has 0 heterocycles. The summed E-state index contributed by atoms with van der Waals surface area (Å²) >= 11 is 0. The Bertz CT molecular complexity index is 2320. The summed E-state index contributed by atoms with van der Waals surface area (Å²) in [4.78, 5) is 72.8. The Morgan fingerprint density at radius 1 is 0.300 bits per heavy atom. The highest BCUT2D eigenvalue weighted by Gasteiger charge is 2.30. The van der Waals surface area contributed by atoms with Crippen LogP contribution < -0.4 is 0 Å². The largest absolute Gasteiger partial charge is 0.472 e. The van der Waals surface area contributed by atoms with Crippen LogP contribution in [0, 0.1) is 0 Å². The number of ether oxygens (including phenoxy) is 4. The molecular formula is C81H140O17P2. The van der Waals surface area contributed by atoms with Gasteiger partial charge in [-0.1, -0.05) is 298 Å². The lowest BCUT2D eigenvalue weighted by atomic mass is 10.0. The SMILES string of the molecule is CC/C=C\C/C=C\C/C=C\C/C=C\C/C=C\CC(=O)OCC(COP(=O)(O)OCC(O)COP(=O)(O)OCC(COC(=O)CCCCCCCC/C=C\C/C=C\C/C=C\CCCCC)OC(=O)CCCCCCC/C=C\CCCC)OC(=O)CCCCCCCCCCCCCCCCC. The van der Waals surface area contributed by atoms with Gasteiger partial charge in [0.05, 0.1) is 32.8 Å². The molecule has 0 fully saturated rings. The topological polar surface area (TPSA) is 237 Å². The van der Waals surface area contributed by atoms with Crippen LogP contribution in [0.3, 0.4) is 0 Å². The molecule has 19 heteroatoms. The van der Waals surface area contributed by atoms with E-state index in [0.717, 1.165) is 148 Å². The number of carbonyl (C=O) groups is 4. The number of phosphoric ester groups is 2. The smallest absolute Gasteiger partial charge is 0.462 e. The predicted molar refractivity (Wildman–Crippen MR) is 408 cm³/mol. The Hall–Kier alpha value is -4.28. The third-order valence-electron chi connectivity index (χ3n) is 16.3. The van der Waals surface area contributed by atoms with E-state index in [-0.39, 0.29) is 25.7 Å². The molecule has 0 aromatic carbocycles. The third kappa shape index (κ3) is 72.1. The van der Waals surface area contributed by atoms with E-state index in [0.29, 0.717) is 25.7 Å². The summed E-state index contributed by atoms with van der Waals surface area (Å²) in [6.07, 6.45) is 78.2. The maximum Gasteiger partial charge on any atom is 0.472 e. The fraction of sp³-hybridized carbons (Fsp3) is 0.728. The molecule has 100 heavy (non-hydrogen) atoms. The number of hydrogen-bond acceptors (Lipinski definition) is 15. The van der Waals surface area contributed by atoms with Crippen molar-refractivity contribution in [2.24, 2.45) is 0 Å². The first-order chi connectivity index (χ1) is 48.7. The zero-order valence-electron chi connectivity index (χ0n) is 62.8. The van der Waals surface area contributed by atoms with Crippen LogP contribution in [0.5, 0.6) is 0 Å². The zero-order valence-corrected chi connectivity index (χ0v) is 64.6. The highest BCUT2D eigenvalue weighted by molar-refractivity contribution is 7.47. The molecule has 0 aliphatic rings. The van der Waals surface area contributed by atoms with E-state index >= 15 is 0 Å². The van der Waals surface area contributed by atoms with Gasteiger partial charge in [0.1, 0.15) is 19.3 Å². The van der Waals surface area contributed by atoms with Gasteiger partial charge in [-0.3, -0.25) is 37.3 Å². The number of esters is 4. The van der Waals surface area contributed by atoms with Crippen molar-refractivity contribution >= 4 is 39.5 Å². The minimum Gasteiger partial charge on any atom is -0.462 e. The van der Waals surface area contributed by atoms with Crippen molar-refractivity contribution in [3.63, 3.8) is 0 Å². The molecule has 0 aromatic heterocycles. The van der Waals surface area contributed by atoms with E-state index < -0.39 is 97.5 Å². The number of hydrogen-bond donors (Lipinski definition) is 3. The summed E-state index contributed by atoms with van der Waals surface area (Å²) in [5, 5.41) is 10.6. The first-order valence-electron chi connectivity index (χ1n) is 39.1. The summed E-state index contributed by atoms with van der Waals surface area (Å²) in [5.74, 6) is -2.33. The Morgan fingerprint density at radius 3 is 0.950 bits per heavy atom. The fourth-order valence-electron chi connectivity index (χ4n) is 10.3. The second kappa shape index (κ2) is 73.0. The maximum absolute atomic E-state index is 13.1. The Labute approximate surface area is 607 Å². The van der Waals surface area contributed by atoms with Crippen molar-refractivity contribution in [2.75, 3.05) is 39.6 Å². The monoisotopic (exact) mass is 1450 g/mol. The Balaban J connectivity index is 5.37. The molecule has 0 radical (unpaired) electrons. The van der Waals surface area contributed by atoms with E-state index in [1.165, 1.54) is 96.3 Å². The van der Waals surface area contributed by atoms with Gasteiger partial charge >= 0.3 is 39.5 Å². The minimum absolute atomic E-state index is 0.0695. The molecule has 17 nitrogen and oxygen atoms in total. The molecular weight excluding hydrogens is 1310 g/mol. The van der Waals surface area contributed by atoms with Gasteiger partial charge in [-0.2, -0.15) is 0 Å². The maximum atomic E-state index is 13.1. The van der Waals surface area contributed by atoms with Gasteiger partial charge in [-0.15, -0.1) is 0 Å². The summed E-state index contributed by atoms with van der Waals surface area (Å²) in [5.41, 5.74) is 0. The van der Waals surface area contributed by atoms with E-state index in [1.54, 1.807) is 6.08 Å². The van der Waals surface area contributed by atoms with E-state index in [1.807, 2.05) is 18.2 Å². The highest BCUT2D eigenvalue weighted by atomic mass is 31.2. The van der Waals surface area contributed by atoms with Crippen LogP contribution in [0.1, 0.15) is 323 Å². The van der Waals surface area contributed by atoms with Crippen molar-refractivity contribution in [1.82, 2.24) is 0 Å². The molecule has 576 valence electrons. The van der Waals surface area contributed by atoms with Crippen molar-refractivity contribution in [3.8, 4) is 0 Å². The molecule has 0 spiro atoms. The Morgan fingerprint density at radius 2 is 0.570 bits per heavy atom. The van der Waals surface area contributed by atoms with Crippen LogP contribution in [0.4, 0.5) is 0 Å². The molecule has 0 aromatic rings. The lowest BCUT2D eigenvalue weighted by molar-refractivity contribution is -0.161. The molecule has 5 unspecified atom stereocenters. The van der Waals surface area contributed by atoms with Gasteiger partial charge in [0.25, 0.3) is 0 Å². The van der Waals surface area contributed by atoms with E-state index in [4.69, 9.17) is 37.0 Å². The third-order valence-corrected chi connectivity index (χ3v) is 18.2. The van der Waals surface area contributed by atoms with Crippen LogP contribution in [0.25, 0.3) is 0 Å². The van der Waals surface area contributed by atoms with Gasteiger partial charge in [-0.25, -0.2) is 9.13 Å². The molecule has 0 rings (SSSR count). The number of carbonyl (C=O) groups excluding carboxylic acids is 4. The predicted octanol–water partition coefficient (Wildman–Crippen LogP) is 22.6. The van der Waals surface area contributed by atoms with Crippen molar-refractivity contribution < 1.29 is 80.2 Å². The van der Waals surface area contributed by atoms with Gasteiger partial charge in [-0.05, 0) is 109 Å². The molecule has 3 N–H and O–H groups in total. The first kappa shape index (κ1) is 95.7. The second-order valence-corrected chi connectivity index (χ2v) is 28.8. The standard InChI is InChI=1S/C81H140O17P2/c1-5-9-13-17-21-25-29-32-35-36-37-38-41-43-47-50-54-58-62-66-79(84)91-71-76(97-80(85)67-63-59-55-51-45-28-24-20-16-12-8-4)73-95-99(87,88)93-69-75(82)70-94-100(89,90)96-74-77(98-81(86)68-64-60-56-52-48-44-40-34-31-27-23-19-15-11-7-3)72-92-78(83)65-61-57-53-49-46-42-39-33-30-26-22-18-14-10-6-2/h10,14,20-22,24-26,32-33,35,37-39,46,49,57,61,75-77,82H,5-9,11-13,15-19,23,27-31,34,36,40-45,47-48,50-56,58-60,62-74H2,1-4H3,(H,87,88)(H,89,90)/b14-10-,24-20-,25-21-,26-22-,35-32-,38-37-,39-33-,49-46-,61-57-. The number of aliphatic hydroxyl groups excluding tert-OH is 1. The zero-order chi connectivity index (χ0) is 73.2. The molecule has 0 amide bonds. The van der Waals surface area contributed by atoms with Crippen LogP contribution in [-0.4, -0.2) is 96.7 Å². The van der Waals surface area contributed by atoms with E-state index in [2.05, 4.69) is 113 Å². The molecule has 0 aliphatic carbocycles. The highest BCUT2D eigenvalue weighted by Crippen LogP contribution is 2.45. The molecule has 0 saturated heterocycles. The lowest BCUT2D eigenvalue weighted by Gasteiger charge is -2.21. The van der Waals surface area contributed by atoms with Crippen LogP contribution in [0.15, 0.2) is 109 Å². The van der Waals surface area contributed by atoms with Crippen molar-refractivity contribution in [3.05, 3.63) is 109 Å². The fourth-order valence-corrected chi connectivity index (χ4v) is 11.9. The summed E-state index contributed by atoms with van der Waals surface area (Å²) in [6, 6.07) is 0. The van der Waals surface area contributed by atoms with Gasteiger partial charge in [0.2, 0.25) is 0 Å². The Kier molecular flexibility index (Phi) is 69.9. The van der Waals surface area contributed by atoms with Crippen LogP contribution in [0.2, 0.25) is 0 Å². The summed E-state index contributed by atoms with van der Waals surface area (Å²) in [7, 11) is -9.98. The number of rotatable bonds is 73. The van der Waals surface area contributed by atoms with Gasteiger partial charge < -0.3 is 33.8 Å². The normalized spacial score (nSPS) is 14.5. The average Bonchev–Trinajstić information content (AvgIpc) is 0.966.